The van der Waals surface area contributed by atoms with E-state index < -0.39 is 0 Å². The van der Waals surface area contributed by atoms with Crippen LogP contribution in [0.25, 0.3) is 72.3 Å². The number of aromatic nitrogens is 4. The zero-order chi connectivity index (χ0) is 42.8. The summed E-state index contributed by atoms with van der Waals surface area (Å²) in [6, 6.07) is 58.6. The van der Waals surface area contributed by atoms with E-state index in [4.69, 9.17) is 14.5 Å². The van der Waals surface area contributed by atoms with E-state index in [0.717, 1.165) is 90.7 Å². The van der Waals surface area contributed by atoms with Crippen molar-refractivity contribution in [1.29, 1.82) is 0 Å². The van der Waals surface area contributed by atoms with Crippen LogP contribution in [-0.4, -0.2) is 25.3 Å². The number of rotatable bonds is 7. The molecule has 0 saturated heterocycles. The monoisotopic (exact) mass is 1000 g/mol. The second kappa shape index (κ2) is 15.6. The Morgan fingerprint density at radius 2 is 1.27 bits per heavy atom. The van der Waals surface area contributed by atoms with Crippen molar-refractivity contribution >= 4 is 32.8 Å². The number of fused-ring (bicyclic) bond motifs is 5. The van der Waals surface area contributed by atoms with Gasteiger partial charge in [-0.05, 0) is 37.0 Å². The second-order valence-corrected chi connectivity index (χ2v) is 18.6. The zero-order valence-corrected chi connectivity index (χ0v) is 38.0. The van der Waals surface area contributed by atoms with Crippen molar-refractivity contribution in [2.24, 2.45) is 0 Å². The summed E-state index contributed by atoms with van der Waals surface area (Å²) in [6.45, 7) is 9.73. The number of benzene rings is 7. The Bertz CT molecular complexity index is 3390. The van der Waals surface area contributed by atoms with Gasteiger partial charge in [0.1, 0.15) is 5.75 Å². The molecular weight excluding hydrogens is 956 g/mol. The summed E-state index contributed by atoms with van der Waals surface area (Å²) in [5, 5.41) is 2.34. The van der Waals surface area contributed by atoms with Gasteiger partial charge in [-0.2, -0.15) is 0 Å². The molecule has 6 nitrogen and oxygen atoms in total. The Hall–Kier alpha value is -6.75. The molecule has 1 aliphatic heterocycles. The number of ether oxygens (including phenoxy) is 2. The summed E-state index contributed by atoms with van der Waals surface area (Å²) in [4.78, 5) is 4.85. The van der Waals surface area contributed by atoms with Gasteiger partial charge in [0.05, 0.1) is 6.61 Å². The average molecular weight is 1000 g/mol. The van der Waals surface area contributed by atoms with Gasteiger partial charge in [-0.15, -0.1) is 0 Å². The van der Waals surface area contributed by atoms with Gasteiger partial charge in [-0.1, -0.05) is 0 Å². The first-order valence-electron chi connectivity index (χ1n) is 21.6. The molecule has 0 saturated carbocycles. The van der Waals surface area contributed by atoms with Crippen molar-refractivity contribution < 1.29 is 28.8 Å². The molecule has 312 valence electrons. The molecule has 0 unspecified atom stereocenters. The summed E-state index contributed by atoms with van der Waals surface area (Å²) in [5.74, 6) is 3.32. The second-order valence-electron chi connectivity index (χ2n) is 17.5. The molecular formula is C56H46N4O2Pt. The molecule has 0 N–H and O–H groups in total. The zero-order valence-electron chi connectivity index (χ0n) is 35.7. The molecule has 11 rings (SSSR count). The predicted octanol–water partition coefficient (Wildman–Crippen LogP) is 14.0. The summed E-state index contributed by atoms with van der Waals surface area (Å²) < 4.78 is 21.1. The minimum atomic E-state index is -0.0645. The van der Waals surface area contributed by atoms with Crippen molar-refractivity contribution in [2.45, 2.75) is 46.0 Å². The number of imidazole rings is 1. The van der Waals surface area contributed by atoms with Crippen molar-refractivity contribution in [2.75, 3.05) is 6.61 Å². The first-order chi connectivity index (χ1) is 30.7. The molecule has 3 aromatic heterocycles. The third kappa shape index (κ3) is 6.94. The number of hydrogen-bond donors (Lipinski definition) is 0. The van der Waals surface area contributed by atoms with E-state index in [9.17, 15) is 0 Å². The van der Waals surface area contributed by atoms with Crippen molar-refractivity contribution in [1.82, 2.24) is 18.7 Å². The van der Waals surface area contributed by atoms with E-state index >= 15 is 0 Å². The van der Waals surface area contributed by atoms with E-state index in [-0.39, 0.29) is 5.41 Å². The number of pyridine rings is 1. The van der Waals surface area contributed by atoms with Gasteiger partial charge in [0, 0.05) is 6.20 Å². The smallest absolute Gasteiger partial charge is 0.493 e. The quantitative estimate of drug-likeness (QED) is 0.160. The summed E-state index contributed by atoms with van der Waals surface area (Å²) in [6.07, 6.45) is 3.92. The van der Waals surface area contributed by atoms with Gasteiger partial charge in [0.2, 0.25) is 0 Å². The molecule has 0 radical (unpaired) electrons. The SMILES string of the molecule is Cc1ccnc(-n2c3cc(Oc4cccc(-n5[c](=[Pt])n(-c6c(-c7ccccc7)cc(C(C)(C)C)cc6-c6ccccc6)c6ccccc65)c4)ccc3c3cc4c(cc32)OCCC4)c1. The fourth-order valence-electron chi connectivity index (χ4n) is 9.17. The van der Waals surface area contributed by atoms with Gasteiger partial charge < -0.3 is 4.74 Å². The first kappa shape index (κ1) is 39.1. The molecule has 0 aliphatic carbocycles. The Balaban J connectivity index is 1.07. The van der Waals surface area contributed by atoms with Gasteiger partial charge >= 0.3 is 320 Å². The van der Waals surface area contributed by atoms with Gasteiger partial charge in [0.25, 0.3) is 0 Å². The van der Waals surface area contributed by atoms with Crippen molar-refractivity contribution in [3.05, 3.63) is 190 Å². The number of hydrogen-bond acceptors (Lipinski definition) is 3. The Labute approximate surface area is 378 Å². The van der Waals surface area contributed by atoms with Crippen LogP contribution in [0.5, 0.6) is 17.2 Å². The number of nitrogens with zero attached hydrogens (tertiary/aromatic N) is 4. The summed E-state index contributed by atoms with van der Waals surface area (Å²) in [7, 11) is 0. The minimum Gasteiger partial charge on any atom is -0.493 e. The molecule has 1 aliphatic rings. The third-order valence-corrected chi connectivity index (χ3v) is 13.3. The van der Waals surface area contributed by atoms with Crippen LogP contribution in [0.1, 0.15) is 43.9 Å². The molecule has 0 fully saturated rings. The van der Waals surface area contributed by atoms with E-state index in [1.54, 1.807) is 0 Å². The van der Waals surface area contributed by atoms with Crippen LogP contribution in [0, 0.1) is 10.7 Å². The van der Waals surface area contributed by atoms with Crippen LogP contribution >= 0.6 is 0 Å². The summed E-state index contributed by atoms with van der Waals surface area (Å²) in [5.41, 5.74) is 14.8. The Morgan fingerprint density at radius 1 is 0.603 bits per heavy atom. The maximum absolute atomic E-state index is 6.82. The molecule has 0 atom stereocenters. The third-order valence-electron chi connectivity index (χ3n) is 12.3. The van der Waals surface area contributed by atoms with Crippen LogP contribution in [0.4, 0.5) is 0 Å². The average Bonchev–Trinajstić information content (AvgIpc) is 3.77. The van der Waals surface area contributed by atoms with Gasteiger partial charge in [0.15, 0.2) is 0 Å². The van der Waals surface area contributed by atoms with E-state index in [0.29, 0.717) is 0 Å². The molecule has 0 spiro atoms. The fourth-order valence-corrected chi connectivity index (χ4v) is 10.3. The minimum absolute atomic E-state index is 0.0645. The molecule has 63 heavy (non-hydrogen) atoms. The van der Waals surface area contributed by atoms with E-state index in [2.05, 4.69) is 212 Å². The van der Waals surface area contributed by atoms with E-state index in [1.165, 1.54) is 38.8 Å². The molecule has 7 heteroatoms. The van der Waals surface area contributed by atoms with Crippen molar-refractivity contribution in [3.63, 3.8) is 0 Å². The van der Waals surface area contributed by atoms with Crippen LogP contribution in [0.2, 0.25) is 0 Å². The standard InChI is InChI=1S/C56H46N4O2.Pt/c1-37-26-27-57-54(29-37)60-51-34-44(24-25-45(51)48-30-40-19-14-28-61-53(40)35-52(48)60)62-43-21-13-20-42(33-43)58-36-59(50-23-12-11-22-49(50)58)55-46(38-15-7-5-8-16-38)31-41(56(2,3)4)32-47(55)39-17-9-6-10-18-39;/h5-13,15-18,20-27,29-35H,14,19,28H2,1-4H3;. The molecule has 0 bridgehead atoms. The topological polar surface area (TPSA) is 46.1 Å². The predicted molar refractivity (Wildman–Crippen MR) is 253 cm³/mol. The summed E-state index contributed by atoms with van der Waals surface area (Å²) >= 11 is 2.52. The van der Waals surface area contributed by atoms with Crippen LogP contribution in [-0.2, 0) is 31.2 Å². The normalized spacial score (nSPS) is 12.8. The van der Waals surface area contributed by atoms with Gasteiger partial charge in [-0.25, -0.2) is 0 Å². The molecule has 0 amide bonds. The fraction of sp³-hybridized carbons (Fsp3) is 0.143. The van der Waals surface area contributed by atoms with Gasteiger partial charge in [-0.3, -0.25) is 0 Å². The Kier molecular flexibility index (Phi) is 9.66. The van der Waals surface area contributed by atoms with Crippen molar-refractivity contribution in [3.8, 4) is 56.7 Å². The molecule has 7 aromatic carbocycles. The van der Waals surface area contributed by atoms with Crippen LogP contribution in [0.3, 0.4) is 0 Å². The van der Waals surface area contributed by atoms with E-state index in [1.807, 2.05) is 18.3 Å². The number of para-hydroxylation sites is 2. The van der Waals surface area contributed by atoms with Crippen LogP contribution in [0.15, 0.2) is 170 Å². The Morgan fingerprint density at radius 3 is 1.97 bits per heavy atom. The maximum atomic E-state index is 6.82. The first-order valence-corrected chi connectivity index (χ1v) is 22.8. The van der Waals surface area contributed by atoms with Crippen LogP contribution < -0.4 is 9.47 Å². The molecule has 4 heterocycles. The molecule has 10 aromatic rings. The number of aryl methyl sites for hydroxylation is 2.